The average molecular weight is 368 g/mol. The first-order valence-electron chi connectivity index (χ1n) is 8.86. The predicted octanol–water partition coefficient (Wildman–Crippen LogP) is 4.12. The van der Waals surface area contributed by atoms with Crippen LogP contribution in [0.2, 0.25) is 0 Å². The lowest BCUT2D eigenvalue weighted by Gasteiger charge is -2.34. The van der Waals surface area contributed by atoms with Crippen LogP contribution in [0.15, 0.2) is 48.8 Å². The third-order valence-electron chi connectivity index (χ3n) is 4.77. The second-order valence-electron chi connectivity index (χ2n) is 6.54. The van der Waals surface area contributed by atoms with Crippen LogP contribution in [0.25, 0.3) is 11.3 Å². The van der Waals surface area contributed by atoms with Crippen molar-refractivity contribution in [1.82, 2.24) is 19.9 Å². The van der Waals surface area contributed by atoms with E-state index in [4.69, 9.17) is 0 Å². The van der Waals surface area contributed by atoms with Crippen LogP contribution >= 0.6 is 0 Å². The molecule has 1 fully saturated rings. The molecule has 1 aliphatic heterocycles. The standard InChI is InChI=1S/C20H18F2N4O/c21-14-10-15(22)18(23-11-14)20(27)26-9-5-4-8-17(26)19-24-12-16(25-19)13-6-2-1-3-7-13/h1-3,6-7,10-12,17H,4-5,8-9H2,(H,24,25). The van der Waals surface area contributed by atoms with Crippen molar-refractivity contribution in [3.63, 3.8) is 0 Å². The van der Waals surface area contributed by atoms with Gasteiger partial charge in [0.2, 0.25) is 0 Å². The Bertz CT molecular complexity index is 958. The molecular formula is C20H18F2N4O. The topological polar surface area (TPSA) is 61.9 Å². The lowest BCUT2D eigenvalue weighted by molar-refractivity contribution is 0.0589. The van der Waals surface area contributed by atoms with Gasteiger partial charge < -0.3 is 9.88 Å². The number of hydrogen-bond acceptors (Lipinski definition) is 3. The number of halogens is 2. The van der Waals surface area contributed by atoms with Crippen molar-refractivity contribution < 1.29 is 13.6 Å². The molecule has 0 spiro atoms. The lowest BCUT2D eigenvalue weighted by Crippen LogP contribution is -2.39. The van der Waals surface area contributed by atoms with Crippen LogP contribution in [-0.4, -0.2) is 32.3 Å². The van der Waals surface area contributed by atoms with Gasteiger partial charge in [0, 0.05) is 12.6 Å². The van der Waals surface area contributed by atoms with Crippen LogP contribution in [0.5, 0.6) is 0 Å². The molecule has 3 aromatic rings. The molecule has 138 valence electrons. The van der Waals surface area contributed by atoms with Crippen molar-refractivity contribution in [1.29, 1.82) is 0 Å². The Kier molecular flexibility index (Phi) is 4.66. The number of amides is 1. The summed E-state index contributed by atoms with van der Waals surface area (Å²) in [5.41, 5.74) is 1.49. The molecule has 3 heterocycles. The van der Waals surface area contributed by atoms with Gasteiger partial charge in [0.05, 0.1) is 24.1 Å². The number of carbonyl (C=O) groups is 1. The highest BCUT2D eigenvalue weighted by molar-refractivity contribution is 5.92. The molecule has 1 N–H and O–H groups in total. The van der Waals surface area contributed by atoms with Gasteiger partial charge in [0.15, 0.2) is 11.5 Å². The van der Waals surface area contributed by atoms with Gasteiger partial charge in [-0.05, 0) is 24.8 Å². The number of benzene rings is 1. The zero-order valence-electron chi connectivity index (χ0n) is 14.5. The van der Waals surface area contributed by atoms with Crippen molar-refractivity contribution in [2.75, 3.05) is 6.54 Å². The van der Waals surface area contributed by atoms with Gasteiger partial charge >= 0.3 is 0 Å². The van der Waals surface area contributed by atoms with Crippen LogP contribution in [0.1, 0.15) is 41.6 Å². The summed E-state index contributed by atoms with van der Waals surface area (Å²) in [5.74, 6) is -1.65. The van der Waals surface area contributed by atoms with Gasteiger partial charge in [0.1, 0.15) is 11.6 Å². The number of aromatic nitrogens is 3. The molecule has 1 aromatic carbocycles. The Morgan fingerprint density at radius 2 is 1.93 bits per heavy atom. The Morgan fingerprint density at radius 3 is 2.70 bits per heavy atom. The summed E-state index contributed by atoms with van der Waals surface area (Å²) in [6, 6.07) is 10.1. The Labute approximate surface area is 155 Å². The Balaban J connectivity index is 1.63. The first-order chi connectivity index (χ1) is 13.1. The van der Waals surface area contributed by atoms with E-state index in [1.165, 1.54) is 0 Å². The summed E-state index contributed by atoms with van der Waals surface area (Å²) in [4.78, 5) is 25.8. The Morgan fingerprint density at radius 1 is 1.11 bits per heavy atom. The number of carbonyl (C=O) groups excluding carboxylic acids is 1. The van der Waals surface area contributed by atoms with Crippen LogP contribution in [0, 0.1) is 11.6 Å². The fraction of sp³-hybridized carbons (Fsp3) is 0.250. The third-order valence-corrected chi connectivity index (χ3v) is 4.77. The highest BCUT2D eigenvalue weighted by Crippen LogP contribution is 2.32. The number of aromatic amines is 1. The number of hydrogen-bond donors (Lipinski definition) is 1. The van der Waals surface area contributed by atoms with Crippen molar-refractivity contribution in [2.45, 2.75) is 25.3 Å². The molecule has 0 saturated carbocycles. The Hall–Kier alpha value is -3.09. The fourth-order valence-corrected chi connectivity index (χ4v) is 3.44. The summed E-state index contributed by atoms with van der Waals surface area (Å²) in [6.45, 7) is 0.476. The molecule has 1 unspecified atom stereocenters. The van der Waals surface area contributed by atoms with Crippen LogP contribution in [0.4, 0.5) is 8.78 Å². The van der Waals surface area contributed by atoms with Gasteiger partial charge in [-0.15, -0.1) is 0 Å². The SMILES string of the molecule is O=C(c1ncc(F)cc1F)N1CCCCC1c1ncc(-c2ccccc2)[nH]1. The molecule has 1 atom stereocenters. The quantitative estimate of drug-likeness (QED) is 0.757. The highest BCUT2D eigenvalue weighted by Gasteiger charge is 2.32. The molecule has 0 radical (unpaired) electrons. The van der Waals surface area contributed by atoms with Crippen molar-refractivity contribution in [3.05, 3.63) is 71.9 Å². The monoisotopic (exact) mass is 368 g/mol. The zero-order valence-corrected chi connectivity index (χ0v) is 14.5. The van der Waals surface area contributed by atoms with Crippen molar-refractivity contribution in [2.24, 2.45) is 0 Å². The largest absolute Gasteiger partial charge is 0.340 e. The number of rotatable bonds is 3. The molecule has 1 amide bonds. The van der Waals surface area contributed by atoms with Gasteiger partial charge in [0.25, 0.3) is 5.91 Å². The molecule has 0 bridgehead atoms. The molecule has 5 nitrogen and oxygen atoms in total. The molecule has 7 heteroatoms. The van der Waals surface area contributed by atoms with E-state index in [-0.39, 0.29) is 11.7 Å². The number of pyridine rings is 1. The molecular weight excluding hydrogens is 350 g/mol. The number of H-pyrrole nitrogens is 1. The van der Waals surface area contributed by atoms with E-state index >= 15 is 0 Å². The van der Waals surface area contributed by atoms with E-state index in [0.717, 1.165) is 36.7 Å². The van der Waals surface area contributed by atoms with E-state index in [9.17, 15) is 13.6 Å². The van der Waals surface area contributed by atoms with E-state index in [1.54, 1.807) is 11.1 Å². The molecule has 0 aliphatic carbocycles. The summed E-state index contributed by atoms with van der Waals surface area (Å²) in [7, 11) is 0. The van der Waals surface area contributed by atoms with E-state index in [1.807, 2.05) is 30.3 Å². The number of nitrogens with zero attached hydrogens (tertiary/aromatic N) is 3. The maximum atomic E-state index is 14.0. The lowest BCUT2D eigenvalue weighted by atomic mass is 10.0. The van der Waals surface area contributed by atoms with E-state index < -0.39 is 17.5 Å². The van der Waals surface area contributed by atoms with Gasteiger partial charge in [-0.2, -0.15) is 0 Å². The molecule has 1 saturated heterocycles. The third kappa shape index (κ3) is 3.45. The maximum absolute atomic E-state index is 14.0. The number of nitrogens with one attached hydrogen (secondary N) is 1. The van der Waals surface area contributed by atoms with Crippen molar-refractivity contribution >= 4 is 5.91 Å². The second-order valence-corrected chi connectivity index (χ2v) is 6.54. The molecule has 4 rings (SSSR count). The van der Waals surface area contributed by atoms with Gasteiger partial charge in [-0.25, -0.2) is 18.7 Å². The maximum Gasteiger partial charge on any atom is 0.276 e. The summed E-state index contributed by atoms with van der Waals surface area (Å²) in [5, 5.41) is 0. The number of piperidine rings is 1. The normalized spacial score (nSPS) is 17.1. The summed E-state index contributed by atoms with van der Waals surface area (Å²) in [6.07, 6.45) is 5.07. The minimum absolute atomic E-state index is 0.296. The number of likely N-dealkylation sites (tertiary alicyclic amines) is 1. The van der Waals surface area contributed by atoms with E-state index in [2.05, 4.69) is 15.0 Å². The van der Waals surface area contributed by atoms with Crippen molar-refractivity contribution in [3.8, 4) is 11.3 Å². The minimum atomic E-state index is -0.950. The second kappa shape index (κ2) is 7.26. The first kappa shape index (κ1) is 17.3. The van der Waals surface area contributed by atoms with Crippen LogP contribution < -0.4 is 0 Å². The minimum Gasteiger partial charge on any atom is -0.340 e. The zero-order chi connectivity index (χ0) is 18.8. The van der Waals surface area contributed by atoms with Crippen LogP contribution in [-0.2, 0) is 0 Å². The van der Waals surface area contributed by atoms with Gasteiger partial charge in [-0.1, -0.05) is 30.3 Å². The fourth-order valence-electron chi connectivity index (χ4n) is 3.44. The molecule has 27 heavy (non-hydrogen) atoms. The summed E-state index contributed by atoms with van der Waals surface area (Å²) < 4.78 is 27.2. The first-order valence-corrected chi connectivity index (χ1v) is 8.86. The predicted molar refractivity (Wildman–Crippen MR) is 95.8 cm³/mol. The highest BCUT2D eigenvalue weighted by atomic mass is 19.1. The molecule has 1 aliphatic rings. The smallest absolute Gasteiger partial charge is 0.276 e. The van der Waals surface area contributed by atoms with E-state index in [0.29, 0.717) is 18.4 Å². The molecule has 2 aromatic heterocycles. The van der Waals surface area contributed by atoms with Gasteiger partial charge in [-0.3, -0.25) is 4.79 Å². The summed E-state index contributed by atoms with van der Waals surface area (Å²) >= 11 is 0. The van der Waals surface area contributed by atoms with Crippen LogP contribution in [0.3, 0.4) is 0 Å². The average Bonchev–Trinajstić information content (AvgIpc) is 3.18. The number of imidazole rings is 1.